The molecular formula is C15H24N4OS. The molecule has 0 fully saturated rings. The van der Waals surface area contributed by atoms with Crippen LogP contribution < -0.4 is 5.32 Å². The fraction of sp³-hybridized carbons (Fsp3) is 0.600. The largest absolute Gasteiger partial charge is 0.383 e. The van der Waals surface area contributed by atoms with Gasteiger partial charge in [0.15, 0.2) is 0 Å². The molecule has 21 heavy (non-hydrogen) atoms. The van der Waals surface area contributed by atoms with E-state index in [0.29, 0.717) is 12.5 Å². The Balaban J connectivity index is 2.28. The number of aromatic nitrogens is 3. The van der Waals surface area contributed by atoms with Crippen molar-refractivity contribution in [2.45, 2.75) is 32.7 Å². The predicted molar refractivity (Wildman–Crippen MR) is 85.9 cm³/mol. The van der Waals surface area contributed by atoms with E-state index in [4.69, 9.17) is 9.72 Å². The second-order valence-corrected chi connectivity index (χ2v) is 6.34. The van der Waals surface area contributed by atoms with Gasteiger partial charge >= 0.3 is 0 Å². The van der Waals surface area contributed by atoms with E-state index in [2.05, 4.69) is 36.6 Å². The number of nitrogens with one attached hydrogen (secondary N) is 1. The van der Waals surface area contributed by atoms with Crippen molar-refractivity contribution >= 4 is 11.3 Å². The summed E-state index contributed by atoms with van der Waals surface area (Å²) in [4.78, 5) is 4.79. The van der Waals surface area contributed by atoms with Gasteiger partial charge in [-0.25, -0.2) is 4.98 Å². The minimum absolute atomic E-state index is 0.0753. The molecule has 0 amide bonds. The highest BCUT2D eigenvalue weighted by Gasteiger charge is 2.22. The molecule has 0 aliphatic carbocycles. The molecule has 0 radical (unpaired) electrons. The summed E-state index contributed by atoms with van der Waals surface area (Å²) < 4.78 is 7.04. The van der Waals surface area contributed by atoms with E-state index >= 15 is 0 Å². The maximum Gasteiger partial charge on any atom is 0.115 e. The number of nitrogens with zero attached hydrogens (tertiary/aromatic N) is 3. The zero-order chi connectivity index (χ0) is 15.4. The molecule has 0 bridgehead atoms. The van der Waals surface area contributed by atoms with Crippen LogP contribution in [-0.4, -0.2) is 35.0 Å². The second kappa shape index (κ2) is 7.15. The number of thiazole rings is 1. The third kappa shape index (κ3) is 3.70. The summed E-state index contributed by atoms with van der Waals surface area (Å²) in [6, 6.07) is 0.0753. The molecule has 0 saturated heterocycles. The van der Waals surface area contributed by atoms with Crippen molar-refractivity contribution in [1.82, 2.24) is 20.1 Å². The van der Waals surface area contributed by atoms with Gasteiger partial charge in [-0.3, -0.25) is 4.68 Å². The van der Waals surface area contributed by atoms with Gasteiger partial charge in [0.05, 0.1) is 24.5 Å². The van der Waals surface area contributed by atoms with Gasteiger partial charge in [-0.1, -0.05) is 13.8 Å². The summed E-state index contributed by atoms with van der Waals surface area (Å²) in [6.07, 6.45) is 1.93. The predicted octanol–water partition coefficient (Wildman–Crippen LogP) is 2.63. The van der Waals surface area contributed by atoms with Crippen molar-refractivity contribution < 1.29 is 4.74 Å². The first kappa shape index (κ1) is 16.1. The normalized spacial score (nSPS) is 13.0. The first-order valence-electron chi connectivity index (χ1n) is 7.20. The van der Waals surface area contributed by atoms with E-state index in [0.717, 1.165) is 22.9 Å². The van der Waals surface area contributed by atoms with Crippen molar-refractivity contribution in [2.75, 3.05) is 20.3 Å². The van der Waals surface area contributed by atoms with Crippen LogP contribution in [0.25, 0.3) is 0 Å². The number of aryl methyl sites for hydroxylation is 1. The second-order valence-electron chi connectivity index (χ2n) is 5.45. The Hall–Kier alpha value is -1.24. The Morgan fingerprint density at radius 3 is 2.71 bits per heavy atom. The average Bonchev–Trinajstić information content (AvgIpc) is 3.05. The highest BCUT2D eigenvalue weighted by molar-refractivity contribution is 7.09. The topological polar surface area (TPSA) is 52.0 Å². The number of hydrogen-bond donors (Lipinski definition) is 1. The summed E-state index contributed by atoms with van der Waals surface area (Å²) in [5.74, 6) is 0.449. The van der Waals surface area contributed by atoms with E-state index < -0.39 is 0 Å². The minimum Gasteiger partial charge on any atom is -0.383 e. The van der Waals surface area contributed by atoms with Crippen LogP contribution in [-0.2, 0) is 11.8 Å². The molecule has 1 atom stereocenters. The smallest absolute Gasteiger partial charge is 0.115 e. The summed E-state index contributed by atoms with van der Waals surface area (Å²) in [6.45, 7) is 7.89. The maximum absolute atomic E-state index is 5.14. The zero-order valence-electron chi connectivity index (χ0n) is 13.4. The number of rotatable bonds is 7. The van der Waals surface area contributed by atoms with E-state index in [-0.39, 0.29) is 6.04 Å². The molecule has 1 unspecified atom stereocenters. The van der Waals surface area contributed by atoms with E-state index in [1.54, 1.807) is 18.4 Å². The Morgan fingerprint density at radius 1 is 1.43 bits per heavy atom. The Labute approximate surface area is 130 Å². The molecular weight excluding hydrogens is 284 g/mol. The molecule has 0 aliphatic rings. The maximum atomic E-state index is 5.14. The fourth-order valence-corrected chi connectivity index (χ4v) is 3.20. The molecule has 0 spiro atoms. The van der Waals surface area contributed by atoms with Crippen LogP contribution in [0.4, 0.5) is 0 Å². The van der Waals surface area contributed by atoms with Crippen molar-refractivity contribution in [2.24, 2.45) is 7.05 Å². The van der Waals surface area contributed by atoms with Gasteiger partial charge in [0.1, 0.15) is 5.01 Å². The van der Waals surface area contributed by atoms with Crippen molar-refractivity contribution in [1.29, 1.82) is 0 Å². The third-order valence-corrected chi connectivity index (χ3v) is 4.54. The lowest BCUT2D eigenvalue weighted by atomic mass is 10.1. The quantitative estimate of drug-likeness (QED) is 0.799. The molecule has 1 N–H and O–H groups in total. The number of methoxy groups -OCH3 is 1. The molecule has 0 aliphatic heterocycles. The van der Waals surface area contributed by atoms with E-state index in [9.17, 15) is 0 Å². The molecule has 2 rings (SSSR count). The van der Waals surface area contributed by atoms with Crippen LogP contribution in [0, 0.1) is 6.92 Å². The highest BCUT2D eigenvalue weighted by Crippen LogP contribution is 2.29. The average molecular weight is 308 g/mol. The first-order valence-corrected chi connectivity index (χ1v) is 8.08. The summed E-state index contributed by atoms with van der Waals surface area (Å²) in [5.41, 5.74) is 3.49. The monoisotopic (exact) mass is 308 g/mol. The lowest BCUT2D eigenvalue weighted by molar-refractivity contribution is 0.197. The van der Waals surface area contributed by atoms with Crippen LogP contribution in [0.5, 0.6) is 0 Å². The van der Waals surface area contributed by atoms with Gasteiger partial charge in [0.2, 0.25) is 0 Å². The molecule has 2 heterocycles. The highest BCUT2D eigenvalue weighted by atomic mass is 32.1. The van der Waals surface area contributed by atoms with Crippen LogP contribution >= 0.6 is 11.3 Å². The Bertz CT molecular complexity index is 576. The van der Waals surface area contributed by atoms with Gasteiger partial charge in [-0.2, -0.15) is 5.10 Å². The van der Waals surface area contributed by atoms with Gasteiger partial charge in [-0.05, 0) is 12.8 Å². The van der Waals surface area contributed by atoms with Crippen molar-refractivity contribution in [3.8, 4) is 0 Å². The van der Waals surface area contributed by atoms with Gasteiger partial charge in [0.25, 0.3) is 0 Å². The Morgan fingerprint density at radius 2 is 2.19 bits per heavy atom. The summed E-state index contributed by atoms with van der Waals surface area (Å²) in [7, 11) is 3.68. The van der Waals surface area contributed by atoms with Crippen LogP contribution in [0.2, 0.25) is 0 Å². The van der Waals surface area contributed by atoms with Gasteiger partial charge in [-0.15, -0.1) is 11.3 Å². The molecule has 116 valence electrons. The molecule has 6 heteroatoms. The SMILES string of the molecule is COCCNC(c1nc(C(C)C)cs1)c1cnn(C)c1C. The summed E-state index contributed by atoms with van der Waals surface area (Å²) >= 11 is 1.71. The molecule has 5 nitrogen and oxygen atoms in total. The third-order valence-electron chi connectivity index (χ3n) is 3.62. The van der Waals surface area contributed by atoms with E-state index in [1.165, 1.54) is 5.56 Å². The van der Waals surface area contributed by atoms with Crippen molar-refractivity contribution in [3.63, 3.8) is 0 Å². The van der Waals surface area contributed by atoms with Crippen LogP contribution in [0.15, 0.2) is 11.6 Å². The van der Waals surface area contributed by atoms with Crippen LogP contribution in [0.3, 0.4) is 0 Å². The van der Waals surface area contributed by atoms with Crippen molar-refractivity contribution in [3.05, 3.63) is 33.5 Å². The lowest BCUT2D eigenvalue weighted by Gasteiger charge is -2.16. The van der Waals surface area contributed by atoms with Gasteiger partial charge in [0, 0.05) is 37.3 Å². The molecule has 0 saturated carbocycles. The molecule has 0 aromatic carbocycles. The number of ether oxygens (including phenoxy) is 1. The minimum atomic E-state index is 0.0753. The molecule has 2 aromatic rings. The Kier molecular flexibility index (Phi) is 5.50. The first-order chi connectivity index (χ1) is 10.0. The lowest BCUT2D eigenvalue weighted by Crippen LogP contribution is -2.26. The summed E-state index contributed by atoms with van der Waals surface area (Å²) in [5, 5.41) is 11.1. The molecule has 2 aromatic heterocycles. The standard InChI is InChI=1S/C15H24N4OS/c1-10(2)13-9-21-15(18-13)14(16-6-7-20-5)12-8-17-19(4)11(12)3/h8-10,14,16H,6-7H2,1-5H3. The van der Waals surface area contributed by atoms with E-state index in [1.807, 2.05) is 17.9 Å². The number of hydrogen-bond acceptors (Lipinski definition) is 5. The fourth-order valence-electron chi connectivity index (χ4n) is 2.13. The van der Waals surface area contributed by atoms with Crippen LogP contribution in [0.1, 0.15) is 47.8 Å². The van der Waals surface area contributed by atoms with Gasteiger partial charge < -0.3 is 10.1 Å². The zero-order valence-corrected chi connectivity index (χ0v) is 14.2.